The van der Waals surface area contributed by atoms with Crippen molar-refractivity contribution in [2.24, 2.45) is 0 Å². The van der Waals surface area contributed by atoms with Gasteiger partial charge in [0.25, 0.3) is 5.91 Å². The zero-order valence-corrected chi connectivity index (χ0v) is 19.3. The number of carbonyl (C=O) groups excluding carboxylic acids is 1. The SMILES string of the molecule is Cc1cccc(Nc2ccccc2C(=O)N2CCC(N3CCNCC3)C2)c1C.Cl.Cl. The Balaban J connectivity index is 0.00000160. The minimum Gasteiger partial charge on any atom is -0.355 e. The molecule has 0 radical (unpaired) electrons. The van der Waals surface area contributed by atoms with E-state index in [0.29, 0.717) is 6.04 Å². The van der Waals surface area contributed by atoms with Crippen LogP contribution in [0.15, 0.2) is 42.5 Å². The van der Waals surface area contributed by atoms with Crippen molar-refractivity contribution in [2.45, 2.75) is 26.3 Å². The molecule has 164 valence electrons. The maximum absolute atomic E-state index is 13.3. The standard InChI is InChI=1S/C23H30N4O.2ClH/c1-17-6-5-9-21(18(17)2)25-22-8-4-3-7-20(22)23(28)27-13-10-19(16-27)26-14-11-24-12-15-26;;/h3-9,19,24-25H,10-16H2,1-2H3;2*1H. The smallest absolute Gasteiger partial charge is 0.256 e. The molecule has 0 saturated carbocycles. The number of likely N-dealkylation sites (tertiary alicyclic amines) is 1. The van der Waals surface area contributed by atoms with Crippen LogP contribution in [0.3, 0.4) is 0 Å². The first-order valence-electron chi connectivity index (χ1n) is 10.3. The number of nitrogens with one attached hydrogen (secondary N) is 2. The highest BCUT2D eigenvalue weighted by Gasteiger charge is 2.32. The van der Waals surface area contributed by atoms with Gasteiger partial charge in [-0.3, -0.25) is 9.69 Å². The molecule has 1 atom stereocenters. The lowest BCUT2D eigenvalue weighted by Gasteiger charge is -2.32. The Kier molecular flexibility index (Phi) is 8.98. The first kappa shape index (κ1) is 24.5. The molecule has 2 N–H and O–H groups in total. The van der Waals surface area contributed by atoms with E-state index in [4.69, 9.17) is 0 Å². The van der Waals surface area contributed by atoms with E-state index in [1.165, 1.54) is 11.1 Å². The number of hydrogen-bond acceptors (Lipinski definition) is 4. The molecule has 5 nitrogen and oxygen atoms in total. The largest absolute Gasteiger partial charge is 0.355 e. The zero-order chi connectivity index (χ0) is 19.5. The third-order valence-electron chi connectivity index (χ3n) is 6.15. The molecule has 0 bridgehead atoms. The summed E-state index contributed by atoms with van der Waals surface area (Å²) in [7, 11) is 0. The summed E-state index contributed by atoms with van der Waals surface area (Å²) in [5, 5.41) is 6.90. The summed E-state index contributed by atoms with van der Waals surface area (Å²) in [4.78, 5) is 17.8. The number of amides is 1. The van der Waals surface area contributed by atoms with Crippen LogP contribution in [0.5, 0.6) is 0 Å². The maximum Gasteiger partial charge on any atom is 0.256 e. The van der Waals surface area contributed by atoms with Gasteiger partial charge in [0.2, 0.25) is 0 Å². The first-order chi connectivity index (χ1) is 13.6. The van der Waals surface area contributed by atoms with Crippen molar-refractivity contribution in [1.82, 2.24) is 15.1 Å². The number of benzene rings is 2. The average molecular weight is 451 g/mol. The van der Waals surface area contributed by atoms with Gasteiger partial charge in [0.15, 0.2) is 0 Å². The van der Waals surface area contributed by atoms with Gasteiger partial charge < -0.3 is 15.5 Å². The summed E-state index contributed by atoms with van der Waals surface area (Å²) in [6.07, 6.45) is 1.07. The van der Waals surface area contributed by atoms with Crippen LogP contribution in [-0.2, 0) is 0 Å². The molecule has 1 amide bonds. The number of rotatable bonds is 4. The fourth-order valence-corrected chi connectivity index (χ4v) is 4.25. The van der Waals surface area contributed by atoms with Gasteiger partial charge >= 0.3 is 0 Å². The minimum atomic E-state index is 0. The average Bonchev–Trinajstić information content (AvgIpc) is 3.22. The molecule has 0 aliphatic carbocycles. The number of para-hydroxylation sites is 1. The van der Waals surface area contributed by atoms with Gasteiger partial charge in [-0.15, -0.1) is 24.8 Å². The molecule has 2 heterocycles. The Morgan fingerprint density at radius 2 is 1.67 bits per heavy atom. The van der Waals surface area contributed by atoms with Crippen LogP contribution in [-0.4, -0.2) is 61.0 Å². The molecule has 2 aliphatic heterocycles. The first-order valence-corrected chi connectivity index (χ1v) is 10.3. The molecule has 2 aromatic rings. The predicted octanol–water partition coefficient (Wildman–Crippen LogP) is 4.01. The lowest BCUT2D eigenvalue weighted by molar-refractivity contribution is 0.0774. The fourth-order valence-electron chi connectivity index (χ4n) is 4.25. The molecule has 2 saturated heterocycles. The lowest BCUT2D eigenvalue weighted by Crippen LogP contribution is -2.49. The molecular formula is C23H32Cl2N4O. The quantitative estimate of drug-likeness (QED) is 0.738. The predicted molar refractivity (Wildman–Crippen MR) is 129 cm³/mol. The van der Waals surface area contributed by atoms with Crippen LogP contribution < -0.4 is 10.6 Å². The topological polar surface area (TPSA) is 47.6 Å². The Bertz CT molecular complexity index is 855. The summed E-state index contributed by atoms with van der Waals surface area (Å²) in [5.41, 5.74) is 5.15. The number of halogens is 2. The van der Waals surface area contributed by atoms with Crippen LogP contribution in [0.25, 0.3) is 0 Å². The highest BCUT2D eigenvalue weighted by Crippen LogP contribution is 2.27. The van der Waals surface area contributed by atoms with Gasteiger partial charge in [0, 0.05) is 51.0 Å². The molecular weight excluding hydrogens is 419 g/mol. The lowest BCUT2D eigenvalue weighted by atomic mass is 10.1. The molecule has 2 fully saturated rings. The summed E-state index contributed by atoms with van der Waals surface area (Å²) in [5.74, 6) is 0.131. The van der Waals surface area contributed by atoms with E-state index in [1.807, 2.05) is 35.2 Å². The van der Waals surface area contributed by atoms with Gasteiger partial charge in [-0.2, -0.15) is 0 Å². The summed E-state index contributed by atoms with van der Waals surface area (Å²) >= 11 is 0. The minimum absolute atomic E-state index is 0. The van der Waals surface area contributed by atoms with E-state index in [1.54, 1.807) is 0 Å². The monoisotopic (exact) mass is 450 g/mol. The van der Waals surface area contributed by atoms with Gasteiger partial charge in [-0.25, -0.2) is 0 Å². The van der Waals surface area contributed by atoms with Crippen molar-refractivity contribution in [1.29, 1.82) is 0 Å². The van der Waals surface area contributed by atoms with Crippen molar-refractivity contribution in [3.63, 3.8) is 0 Å². The van der Waals surface area contributed by atoms with Crippen molar-refractivity contribution < 1.29 is 4.79 Å². The number of nitrogens with zero attached hydrogens (tertiary/aromatic N) is 2. The summed E-state index contributed by atoms with van der Waals surface area (Å²) < 4.78 is 0. The number of piperazine rings is 1. The summed E-state index contributed by atoms with van der Waals surface area (Å²) in [6.45, 7) is 10.1. The van der Waals surface area contributed by atoms with Gasteiger partial charge in [0.1, 0.15) is 0 Å². The Morgan fingerprint density at radius 1 is 0.967 bits per heavy atom. The number of aryl methyl sites for hydroxylation is 1. The number of hydrogen-bond donors (Lipinski definition) is 2. The maximum atomic E-state index is 13.3. The molecule has 2 aliphatic rings. The Labute approximate surface area is 192 Å². The molecule has 30 heavy (non-hydrogen) atoms. The summed E-state index contributed by atoms with van der Waals surface area (Å²) in [6, 6.07) is 14.6. The van der Waals surface area contributed by atoms with Crippen molar-refractivity contribution >= 4 is 42.1 Å². The van der Waals surface area contributed by atoms with E-state index in [-0.39, 0.29) is 30.7 Å². The van der Waals surface area contributed by atoms with E-state index in [0.717, 1.165) is 62.6 Å². The van der Waals surface area contributed by atoms with Gasteiger partial charge in [-0.05, 0) is 49.6 Å². The fraction of sp³-hybridized carbons (Fsp3) is 0.435. The van der Waals surface area contributed by atoms with Crippen LogP contribution >= 0.6 is 24.8 Å². The highest BCUT2D eigenvalue weighted by atomic mass is 35.5. The highest BCUT2D eigenvalue weighted by molar-refractivity contribution is 6.00. The number of anilines is 2. The second-order valence-electron chi connectivity index (χ2n) is 7.90. The number of carbonyl (C=O) groups is 1. The van der Waals surface area contributed by atoms with Gasteiger partial charge in [0.05, 0.1) is 11.3 Å². The van der Waals surface area contributed by atoms with E-state index in [2.05, 4.69) is 41.5 Å². The zero-order valence-electron chi connectivity index (χ0n) is 17.7. The second-order valence-corrected chi connectivity index (χ2v) is 7.90. The van der Waals surface area contributed by atoms with Crippen LogP contribution in [0.2, 0.25) is 0 Å². The van der Waals surface area contributed by atoms with Gasteiger partial charge in [-0.1, -0.05) is 24.3 Å². The third-order valence-corrected chi connectivity index (χ3v) is 6.15. The van der Waals surface area contributed by atoms with Crippen LogP contribution in [0.4, 0.5) is 11.4 Å². The van der Waals surface area contributed by atoms with Crippen LogP contribution in [0.1, 0.15) is 27.9 Å². The second kappa shape index (κ2) is 11.0. The molecule has 1 unspecified atom stereocenters. The molecule has 0 spiro atoms. The van der Waals surface area contributed by atoms with Crippen molar-refractivity contribution in [3.05, 3.63) is 59.2 Å². The third kappa shape index (κ3) is 5.27. The van der Waals surface area contributed by atoms with E-state index < -0.39 is 0 Å². The Hall–Kier alpha value is -1.79. The Morgan fingerprint density at radius 3 is 2.43 bits per heavy atom. The van der Waals surface area contributed by atoms with Crippen molar-refractivity contribution in [3.8, 4) is 0 Å². The normalized spacial score (nSPS) is 19.0. The molecule has 4 rings (SSSR count). The van der Waals surface area contributed by atoms with E-state index in [9.17, 15) is 4.79 Å². The molecule has 0 aromatic heterocycles. The molecule has 2 aromatic carbocycles. The van der Waals surface area contributed by atoms with E-state index >= 15 is 0 Å². The van der Waals surface area contributed by atoms with Crippen LogP contribution in [0, 0.1) is 13.8 Å². The van der Waals surface area contributed by atoms with Crippen molar-refractivity contribution in [2.75, 3.05) is 44.6 Å². The molecule has 7 heteroatoms.